The highest BCUT2D eigenvalue weighted by Gasteiger charge is 2.02. The minimum atomic E-state index is 0.187. The Kier molecular flexibility index (Phi) is 4.15. The zero-order chi connectivity index (χ0) is 13.0. The smallest absolute Gasteiger partial charge is 0.0659 e. The van der Waals surface area contributed by atoms with Gasteiger partial charge in [-0.15, -0.1) is 0 Å². The van der Waals surface area contributed by atoms with E-state index in [0.29, 0.717) is 0 Å². The molecule has 0 saturated carbocycles. The predicted octanol–water partition coefficient (Wildman–Crippen LogP) is 2.38. The lowest BCUT2D eigenvalue weighted by atomic mass is 10.1. The van der Waals surface area contributed by atoms with Crippen molar-refractivity contribution in [1.82, 2.24) is 9.78 Å². The second kappa shape index (κ2) is 5.83. The Balaban J connectivity index is 2.01. The van der Waals surface area contributed by atoms with E-state index in [-0.39, 0.29) is 6.04 Å². The van der Waals surface area contributed by atoms with Crippen LogP contribution < -0.4 is 5.73 Å². The minimum absolute atomic E-state index is 0.187. The van der Waals surface area contributed by atoms with E-state index < -0.39 is 0 Å². The summed E-state index contributed by atoms with van der Waals surface area (Å²) in [6.45, 7) is 5.01. The Hall–Kier alpha value is -1.61. The van der Waals surface area contributed by atoms with Crippen molar-refractivity contribution < 1.29 is 0 Å². The van der Waals surface area contributed by atoms with Crippen LogP contribution in [0.15, 0.2) is 36.7 Å². The summed E-state index contributed by atoms with van der Waals surface area (Å²) in [7, 11) is 0. The van der Waals surface area contributed by atoms with Crippen molar-refractivity contribution in [2.45, 2.75) is 39.3 Å². The molecule has 0 amide bonds. The van der Waals surface area contributed by atoms with Crippen molar-refractivity contribution >= 4 is 0 Å². The summed E-state index contributed by atoms with van der Waals surface area (Å²) in [5.41, 5.74) is 9.64. The van der Waals surface area contributed by atoms with Gasteiger partial charge in [-0.25, -0.2) is 0 Å². The van der Waals surface area contributed by atoms with E-state index in [9.17, 15) is 0 Å². The lowest BCUT2D eigenvalue weighted by Crippen LogP contribution is -2.17. The molecule has 3 nitrogen and oxygen atoms in total. The van der Waals surface area contributed by atoms with Crippen molar-refractivity contribution in [3.05, 3.63) is 53.3 Å². The second-order valence-electron chi connectivity index (χ2n) is 4.90. The lowest BCUT2D eigenvalue weighted by Gasteiger charge is -2.03. The molecule has 96 valence electrons. The zero-order valence-corrected chi connectivity index (χ0v) is 11.1. The van der Waals surface area contributed by atoms with Crippen molar-refractivity contribution in [2.24, 2.45) is 5.73 Å². The summed E-state index contributed by atoms with van der Waals surface area (Å²) in [4.78, 5) is 0. The van der Waals surface area contributed by atoms with Crippen LogP contribution in [0.3, 0.4) is 0 Å². The van der Waals surface area contributed by atoms with Crippen molar-refractivity contribution in [3.63, 3.8) is 0 Å². The van der Waals surface area contributed by atoms with Gasteiger partial charge in [0.25, 0.3) is 0 Å². The van der Waals surface area contributed by atoms with Crippen LogP contribution in [0.1, 0.15) is 30.5 Å². The van der Waals surface area contributed by atoms with E-state index in [1.165, 1.54) is 16.7 Å². The Morgan fingerprint density at radius 2 is 1.83 bits per heavy atom. The van der Waals surface area contributed by atoms with Crippen LogP contribution >= 0.6 is 0 Å². The van der Waals surface area contributed by atoms with Gasteiger partial charge in [-0.1, -0.05) is 31.2 Å². The van der Waals surface area contributed by atoms with Crippen molar-refractivity contribution in [1.29, 1.82) is 0 Å². The summed E-state index contributed by atoms with van der Waals surface area (Å²) >= 11 is 0. The Bertz CT molecular complexity index is 483. The fourth-order valence-corrected chi connectivity index (χ4v) is 2.04. The van der Waals surface area contributed by atoms with Gasteiger partial charge >= 0.3 is 0 Å². The largest absolute Gasteiger partial charge is 0.328 e. The number of rotatable bonds is 5. The van der Waals surface area contributed by atoms with E-state index >= 15 is 0 Å². The average Bonchev–Trinajstić information content (AvgIpc) is 2.76. The molecule has 0 aliphatic heterocycles. The van der Waals surface area contributed by atoms with Crippen LogP contribution in [0, 0.1) is 0 Å². The first kappa shape index (κ1) is 12.8. The van der Waals surface area contributed by atoms with E-state index in [2.05, 4.69) is 42.5 Å². The molecule has 2 rings (SSSR count). The predicted molar refractivity (Wildman–Crippen MR) is 74.5 cm³/mol. The fraction of sp³-hybridized carbons (Fsp3) is 0.400. The van der Waals surface area contributed by atoms with Crippen LogP contribution in [-0.2, 0) is 19.4 Å². The average molecular weight is 243 g/mol. The van der Waals surface area contributed by atoms with E-state index in [4.69, 9.17) is 5.73 Å². The molecule has 0 fully saturated rings. The molecule has 0 aliphatic carbocycles. The lowest BCUT2D eigenvalue weighted by molar-refractivity contribution is 0.683. The van der Waals surface area contributed by atoms with Gasteiger partial charge in [0.2, 0.25) is 0 Å². The minimum Gasteiger partial charge on any atom is -0.328 e. The first-order valence-electron chi connectivity index (χ1n) is 6.52. The third kappa shape index (κ3) is 3.44. The molecule has 1 heterocycles. The number of aryl methyl sites for hydroxylation is 1. The van der Waals surface area contributed by atoms with Crippen LogP contribution in [0.2, 0.25) is 0 Å². The first-order valence-corrected chi connectivity index (χ1v) is 6.52. The normalized spacial score (nSPS) is 12.6. The van der Waals surface area contributed by atoms with Gasteiger partial charge in [-0.05, 0) is 36.5 Å². The summed E-state index contributed by atoms with van der Waals surface area (Å²) in [6.07, 6.45) is 5.95. The third-order valence-corrected chi connectivity index (χ3v) is 3.02. The molecule has 0 radical (unpaired) electrons. The quantitative estimate of drug-likeness (QED) is 0.876. The third-order valence-electron chi connectivity index (χ3n) is 3.02. The molecule has 3 heteroatoms. The van der Waals surface area contributed by atoms with Gasteiger partial charge in [0, 0.05) is 12.2 Å². The molecule has 2 N–H and O–H groups in total. The SMILES string of the molecule is CCc1ccc(Cn2cc(CC(C)N)cn2)cc1. The molecular weight excluding hydrogens is 222 g/mol. The molecule has 1 aromatic carbocycles. The topological polar surface area (TPSA) is 43.8 Å². The van der Waals surface area contributed by atoms with E-state index in [1.54, 1.807) is 0 Å². The standard InChI is InChI=1S/C15H21N3/c1-3-13-4-6-14(7-5-13)10-18-11-15(9-17-18)8-12(2)16/h4-7,9,11-12H,3,8,10,16H2,1-2H3. The Labute approximate surface area is 109 Å². The van der Waals surface area contributed by atoms with Crippen molar-refractivity contribution in [2.75, 3.05) is 0 Å². The fourth-order valence-electron chi connectivity index (χ4n) is 2.04. The summed E-state index contributed by atoms with van der Waals surface area (Å²) in [5.74, 6) is 0. The molecule has 1 unspecified atom stereocenters. The number of benzene rings is 1. The van der Waals surface area contributed by atoms with Crippen LogP contribution in [0.4, 0.5) is 0 Å². The highest BCUT2D eigenvalue weighted by atomic mass is 15.3. The number of hydrogen-bond donors (Lipinski definition) is 1. The van der Waals surface area contributed by atoms with Gasteiger partial charge < -0.3 is 5.73 Å². The molecule has 0 spiro atoms. The second-order valence-corrected chi connectivity index (χ2v) is 4.90. The monoisotopic (exact) mass is 243 g/mol. The molecule has 0 aliphatic rings. The number of nitrogens with zero attached hydrogens (tertiary/aromatic N) is 2. The maximum absolute atomic E-state index is 5.78. The number of aromatic nitrogens is 2. The van der Waals surface area contributed by atoms with E-state index in [0.717, 1.165) is 19.4 Å². The van der Waals surface area contributed by atoms with Crippen LogP contribution in [-0.4, -0.2) is 15.8 Å². The van der Waals surface area contributed by atoms with E-state index in [1.807, 2.05) is 17.8 Å². The molecular formula is C15H21N3. The van der Waals surface area contributed by atoms with Gasteiger partial charge in [0.15, 0.2) is 0 Å². The Morgan fingerprint density at radius 3 is 2.44 bits per heavy atom. The number of hydrogen-bond acceptors (Lipinski definition) is 2. The van der Waals surface area contributed by atoms with Gasteiger partial charge in [-0.2, -0.15) is 5.10 Å². The maximum atomic E-state index is 5.78. The van der Waals surface area contributed by atoms with Crippen LogP contribution in [0.25, 0.3) is 0 Å². The molecule has 0 saturated heterocycles. The van der Waals surface area contributed by atoms with Crippen molar-refractivity contribution in [3.8, 4) is 0 Å². The molecule has 1 atom stereocenters. The Morgan fingerprint density at radius 1 is 1.17 bits per heavy atom. The van der Waals surface area contributed by atoms with Crippen LogP contribution in [0.5, 0.6) is 0 Å². The number of nitrogens with two attached hydrogens (primary N) is 1. The van der Waals surface area contributed by atoms with Gasteiger partial charge in [-0.3, -0.25) is 4.68 Å². The molecule has 18 heavy (non-hydrogen) atoms. The highest BCUT2D eigenvalue weighted by Crippen LogP contribution is 2.08. The summed E-state index contributed by atoms with van der Waals surface area (Å²) < 4.78 is 1.97. The first-order chi connectivity index (χ1) is 8.67. The maximum Gasteiger partial charge on any atom is 0.0659 e. The molecule has 1 aromatic heterocycles. The van der Waals surface area contributed by atoms with Gasteiger partial charge in [0.1, 0.15) is 0 Å². The highest BCUT2D eigenvalue weighted by molar-refractivity contribution is 5.22. The summed E-state index contributed by atoms with van der Waals surface area (Å²) in [6, 6.07) is 8.90. The molecule has 2 aromatic rings. The summed E-state index contributed by atoms with van der Waals surface area (Å²) in [5, 5.41) is 4.37. The van der Waals surface area contributed by atoms with Gasteiger partial charge in [0.05, 0.1) is 12.7 Å². The zero-order valence-electron chi connectivity index (χ0n) is 11.1. The molecule has 0 bridgehead atoms.